The summed E-state index contributed by atoms with van der Waals surface area (Å²) in [5, 5.41) is 9.14. The zero-order chi connectivity index (χ0) is 16.0. The molecule has 0 atom stereocenters. The first-order valence-electron chi connectivity index (χ1n) is 5.98. The van der Waals surface area contributed by atoms with E-state index in [2.05, 4.69) is 0 Å². The van der Waals surface area contributed by atoms with Crippen LogP contribution in [0, 0.1) is 11.3 Å². The van der Waals surface area contributed by atoms with E-state index in [0.717, 1.165) is 0 Å². The minimum atomic E-state index is -4.52. The van der Waals surface area contributed by atoms with Gasteiger partial charge in [0, 0.05) is 11.4 Å². The maximum absolute atomic E-state index is 12.5. The first-order valence-corrected chi connectivity index (χ1v) is 6.80. The molecule has 8 heteroatoms. The quantitative estimate of drug-likeness (QED) is 0.667. The van der Waals surface area contributed by atoms with Gasteiger partial charge in [0.2, 0.25) is 0 Å². The lowest BCUT2D eigenvalue weighted by Gasteiger charge is -2.14. The van der Waals surface area contributed by atoms with E-state index in [-0.39, 0.29) is 47.4 Å². The Morgan fingerprint density at radius 3 is 2.62 bits per heavy atom. The molecule has 114 valence electrons. The SMILES string of the molecule is CCOC(=O)Cc1c(CN)ccc(SC(F)(F)F)c1C#N. The average Bonchev–Trinajstić information content (AvgIpc) is 2.37. The predicted octanol–water partition coefficient (Wildman–Crippen LogP) is 2.73. The Kier molecular flexibility index (Phi) is 6.05. The largest absolute Gasteiger partial charge is 0.466 e. The number of ether oxygens (including phenoxy) is 1. The van der Waals surface area contributed by atoms with Crippen LogP contribution in [0.1, 0.15) is 23.6 Å². The Balaban J connectivity index is 3.27. The van der Waals surface area contributed by atoms with Crippen molar-refractivity contribution in [3.8, 4) is 6.07 Å². The van der Waals surface area contributed by atoms with Crippen molar-refractivity contribution in [2.45, 2.75) is 30.3 Å². The van der Waals surface area contributed by atoms with Gasteiger partial charge in [0.25, 0.3) is 0 Å². The van der Waals surface area contributed by atoms with Crippen molar-refractivity contribution in [1.29, 1.82) is 5.26 Å². The molecule has 0 saturated heterocycles. The van der Waals surface area contributed by atoms with E-state index in [1.165, 1.54) is 12.1 Å². The lowest BCUT2D eigenvalue weighted by Crippen LogP contribution is -2.13. The number of alkyl halides is 3. The third-order valence-electron chi connectivity index (χ3n) is 2.56. The number of nitriles is 1. The van der Waals surface area contributed by atoms with Crippen molar-refractivity contribution in [2.24, 2.45) is 5.73 Å². The summed E-state index contributed by atoms with van der Waals surface area (Å²) in [6.45, 7) is 1.78. The molecular weight excluding hydrogens is 305 g/mol. The van der Waals surface area contributed by atoms with Crippen molar-refractivity contribution in [3.63, 3.8) is 0 Å². The van der Waals surface area contributed by atoms with Crippen LogP contribution in [-0.2, 0) is 22.5 Å². The third-order valence-corrected chi connectivity index (χ3v) is 3.35. The molecule has 0 amide bonds. The predicted molar refractivity (Wildman–Crippen MR) is 71.3 cm³/mol. The van der Waals surface area contributed by atoms with E-state index in [0.29, 0.717) is 5.56 Å². The Bertz CT molecular complexity index is 568. The molecule has 0 aliphatic heterocycles. The van der Waals surface area contributed by atoms with Crippen LogP contribution in [0.4, 0.5) is 13.2 Å². The summed E-state index contributed by atoms with van der Waals surface area (Å²) in [5.41, 5.74) is 1.44. The molecule has 0 bridgehead atoms. The zero-order valence-electron chi connectivity index (χ0n) is 11.2. The average molecular weight is 318 g/mol. The molecule has 0 radical (unpaired) electrons. The molecule has 0 aliphatic carbocycles. The van der Waals surface area contributed by atoms with Crippen LogP contribution in [0.3, 0.4) is 0 Å². The summed E-state index contributed by atoms with van der Waals surface area (Å²) in [4.78, 5) is 11.3. The zero-order valence-corrected chi connectivity index (χ0v) is 12.0. The summed E-state index contributed by atoms with van der Waals surface area (Å²) in [5.74, 6) is -0.613. The maximum Gasteiger partial charge on any atom is 0.446 e. The van der Waals surface area contributed by atoms with Gasteiger partial charge in [-0.3, -0.25) is 4.79 Å². The fraction of sp³-hybridized carbons (Fsp3) is 0.385. The summed E-state index contributed by atoms with van der Waals surface area (Å²) in [6, 6.07) is 4.31. The van der Waals surface area contributed by atoms with Crippen LogP contribution < -0.4 is 5.73 Å². The molecule has 0 unspecified atom stereocenters. The highest BCUT2D eigenvalue weighted by Crippen LogP contribution is 2.39. The Labute approximate surface area is 124 Å². The van der Waals surface area contributed by atoms with Gasteiger partial charge in [-0.1, -0.05) is 6.07 Å². The van der Waals surface area contributed by atoms with Gasteiger partial charge in [-0.05, 0) is 35.9 Å². The second kappa shape index (κ2) is 7.33. The minimum absolute atomic E-state index is 0.0143. The lowest BCUT2D eigenvalue weighted by atomic mass is 9.98. The van der Waals surface area contributed by atoms with Gasteiger partial charge < -0.3 is 10.5 Å². The second-order valence-corrected chi connectivity index (χ2v) is 5.03. The number of carbonyl (C=O) groups excluding carboxylic acids is 1. The highest BCUT2D eigenvalue weighted by molar-refractivity contribution is 8.00. The molecule has 0 spiro atoms. The number of nitrogens with zero attached hydrogens (tertiary/aromatic N) is 1. The molecule has 1 rings (SSSR count). The summed E-state index contributed by atoms with van der Waals surface area (Å²) >= 11 is -0.390. The topological polar surface area (TPSA) is 76.1 Å². The molecule has 0 heterocycles. The second-order valence-electron chi connectivity index (χ2n) is 3.92. The third kappa shape index (κ3) is 4.95. The van der Waals surface area contributed by atoms with E-state index in [1.807, 2.05) is 0 Å². The van der Waals surface area contributed by atoms with Gasteiger partial charge in [-0.25, -0.2) is 0 Å². The first-order chi connectivity index (χ1) is 9.82. The normalized spacial score (nSPS) is 11.0. The van der Waals surface area contributed by atoms with Crippen LogP contribution in [0.2, 0.25) is 0 Å². The van der Waals surface area contributed by atoms with Crippen LogP contribution >= 0.6 is 11.8 Å². The first kappa shape index (κ1) is 17.3. The van der Waals surface area contributed by atoms with E-state index < -0.39 is 11.5 Å². The minimum Gasteiger partial charge on any atom is -0.466 e. The fourth-order valence-electron chi connectivity index (χ4n) is 1.75. The summed E-state index contributed by atoms with van der Waals surface area (Å²) < 4.78 is 42.2. The number of carbonyl (C=O) groups is 1. The highest BCUT2D eigenvalue weighted by Gasteiger charge is 2.31. The molecule has 0 aromatic heterocycles. The van der Waals surface area contributed by atoms with E-state index in [4.69, 9.17) is 15.7 Å². The van der Waals surface area contributed by atoms with Crippen LogP contribution in [-0.4, -0.2) is 18.1 Å². The van der Waals surface area contributed by atoms with Crippen molar-refractivity contribution in [2.75, 3.05) is 6.61 Å². The van der Waals surface area contributed by atoms with Gasteiger partial charge in [-0.2, -0.15) is 18.4 Å². The molecule has 1 aromatic rings. The van der Waals surface area contributed by atoms with Gasteiger partial charge in [-0.15, -0.1) is 0 Å². The van der Waals surface area contributed by atoms with Crippen LogP contribution in [0.25, 0.3) is 0 Å². The van der Waals surface area contributed by atoms with E-state index >= 15 is 0 Å². The number of nitrogens with two attached hydrogens (primary N) is 1. The summed E-state index contributed by atoms with van der Waals surface area (Å²) in [6.07, 6.45) is -0.282. The standard InChI is InChI=1S/C13H13F3N2O2S/c1-2-20-12(19)5-9-8(6-17)3-4-11(10(9)7-18)21-13(14,15)16/h3-4H,2,5-6,17H2,1H3. The molecule has 2 N–H and O–H groups in total. The molecule has 0 saturated carbocycles. The van der Waals surface area contributed by atoms with Crippen molar-refractivity contribution in [1.82, 2.24) is 0 Å². The molecule has 1 aromatic carbocycles. The molecule has 0 aliphatic rings. The van der Waals surface area contributed by atoms with Crippen LogP contribution in [0.15, 0.2) is 17.0 Å². The van der Waals surface area contributed by atoms with E-state index in [1.54, 1.807) is 13.0 Å². The molecule has 21 heavy (non-hydrogen) atoms. The fourth-order valence-corrected chi connectivity index (χ4v) is 2.41. The Morgan fingerprint density at radius 2 is 2.14 bits per heavy atom. The number of benzene rings is 1. The van der Waals surface area contributed by atoms with Crippen molar-refractivity contribution >= 4 is 17.7 Å². The molecular formula is C13H13F3N2O2S. The smallest absolute Gasteiger partial charge is 0.446 e. The van der Waals surface area contributed by atoms with E-state index in [9.17, 15) is 18.0 Å². The van der Waals surface area contributed by atoms with Crippen molar-refractivity contribution in [3.05, 3.63) is 28.8 Å². The van der Waals surface area contributed by atoms with Gasteiger partial charge in [0.05, 0.1) is 18.6 Å². The highest BCUT2D eigenvalue weighted by atomic mass is 32.2. The van der Waals surface area contributed by atoms with Crippen LogP contribution in [0.5, 0.6) is 0 Å². The number of hydrogen-bond acceptors (Lipinski definition) is 5. The number of halogens is 3. The maximum atomic E-state index is 12.5. The van der Waals surface area contributed by atoms with Gasteiger partial charge >= 0.3 is 11.5 Å². The lowest BCUT2D eigenvalue weighted by molar-refractivity contribution is -0.142. The molecule has 0 fully saturated rings. The summed E-state index contributed by atoms with van der Waals surface area (Å²) in [7, 11) is 0. The Hall–Kier alpha value is -1.72. The monoisotopic (exact) mass is 318 g/mol. The molecule has 4 nitrogen and oxygen atoms in total. The number of thioether (sulfide) groups is 1. The number of esters is 1. The Morgan fingerprint density at radius 1 is 1.48 bits per heavy atom. The van der Waals surface area contributed by atoms with Gasteiger partial charge in [0.1, 0.15) is 6.07 Å². The number of rotatable bonds is 5. The van der Waals surface area contributed by atoms with Crippen molar-refractivity contribution < 1.29 is 22.7 Å². The number of hydrogen-bond donors (Lipinski definition) is 1. The van der Waals surface area contributed by atoms with Gasteiger partial charge in [0.15, 0.2) is 0 Å².